The number of halogens is 2. The van der Waals surface area contributed by atoms with Crippen molar-refractivity contribution in [3.8, 4) is 0 Å². The molecule has 1 aromatic rings. The first-order chi connectivity index (χ1) is 5.74. The van der Waals surface area contributed by atoms with Gasteiger partial charge in [0.25, 0.3) is 0 Å². The molecule has 0 aromatic heterocycles. The van der Waals surface area contributed by atoms with Crippen molar-refractivity contribution in [1.82, 2.24) is 0 Å². The van der Waals surface area contributed by atoms with Gasteiger partial charge in [-0.1, -0.05) is 17.7 Å². The molecule has 0 atom stereocenters. The number of carbonyl (C=O) groups excluding carboxylic acids is 1. The van der Waals surface area contributed by atoms with Gasteiger partial charge in [0.2, 0.25) is 0 Å². The van der Waals surface area contributed by atoms with E-state index in [2.05, 4.69) is 22.6 Å². The summed E-state index contributed by atoms with van der Waals surface area (Å²) in [4.78, 5) is 10.1. The van der Waals surface area contributed by atoms with Gasteiger partial charge in [0.1, 0.15) is 6.29 Å². The number of aldehydes is 1. The third-order valence-electron chi connectivity index (χ3n) is 1.55. The van der Waals surface area contributed by atoms with Gasteiger partial charge in [0, 0.05) is 15.0 Å². The normalized spacial score (nSPS) is 9.83. The summed E-state index contributed by atoms with van der Waals surface area (Å²) in [5.74, 6) is 0. The van der Waals surface area contributed by atoms with Crippen LogP contribution in [0.15, 0.2) is 18.2 Å². The smallest absolute Gasteiger partial charge is 0.120 e. The first kappa shape index (κ1) is 9.99. The van der Waals surface area contributed by atoms with E-state index in [0.29, 0.717) is 6.42 Å². The van der Waals surface area contributed by atoms with E-state index in [9.17, 15) is 4.79 Å². The second kappa shape index (κ2) is 4.82. The molecule has 0 fully saturated rings. The number of hydrogen-bond donors (Lipinski definition) is 0. The van der Waals surface area contributed by atoms with Crippen LogP contribution in [-0.4, -0.2) is 6.29 Å². The van der Waals surface area contributed by atoms with Gasteiger partial charge in [-0.3, -0.25) is 0 Å². The molecule has 0 spiro atoms. The van der Waals surface area contributed by atoms with Crippen molar-refractivity contribution >= 4 is 40.5 Å². The largest absolute Gasteiger partial charge is 0.303 e. The average Bonchev–Trinajstić information content (AvgIpc) is 2.03. The van der Waals surface area contributed by atoms with Crippen LogP contribution in [0, 0.1) is 3.57 Å². The molecule has 0 saturated heterocycles. The zero-order chi connectivity index (χ0) is 8.97. The van der Waals surface area contributed by atoms with Crippen molar-refractivity contribution in [2.45, 2.75) is 12.8 Å². The fourth-order valence-electron chi connectivity index (χ4n) is 0.939. The van der Waals surface area contributed by atoms with E-state index in [0.717, 1.165) is 21.3 Å². The second-order valence-electron chi connectivity index (χ2n) is 2.44. The Hall–Kier alpha value is -0.0900. The molecule has 1 nitrogen and oxygen atoms in total. The highest BCUT2D eigenvalue weighted by molar-refractivity contribution is 14.1. The van der Waals surface area contributed by atoms with Gasteiger partial charge < -0.3 is 4.79 Å². The lowest BCUT2D eigenvalue weighted by molar-refractivity contribution is -0.107. The molecule has 0 aliphatic heterocycles. The molecule has 0 aliphatic rings. The van der Waals surface area contributed by atoms with Crippen LogP contribution in [0.5, 0.6) is 0 Å². The quantitative estimate of drug-likeness (QED) is 0.618. The highest BCUT2D eigenvalue weighted by Gasteiger charge is 1.99. The minimum absolute atomic E-state index is 0.581. The van der Waals surface area contributed by atoms with Crippen LogP contribution in [0.1, 0.15) is 12.0 Å². The Morgan fingerprint density at radius 2 is 2.25 bits per heavy atom. The summed E-state index contributed by atoms with van der Waals surface area (Å²) >= 11 is 8.00. The predicted octanol–water partition coefficient (Wildman–Crippen LogP) is 3.08. The number of rotatable bonds is 3. The van der Waals surface area contributed by atoms with Crippen molar-refractivity contribution < 1.29 is 4.79 Å². The molecule has 1 rings (SSSR count). The highest BCUT2D eigenvalue weighted by atomic mass is 127. The fraction of sp³-hybridized carbons (Fsp3) is 0.222. The lowest BCUT2D eigenvalue weighted by Crippen LogP contribution is -1.89. The molecule has 3 heteroatoms. The molecule has 0 radical (unpaired) electrons. The van der Waals surface area contributed by atoms with E-state index >= 15 is 0 Å². The van der Waals surface area contributed by atoms with E-state index in [1.54, 1.807) is 0 Å². The Bertz CT molecular complexity index is 286. The number of benzene rings is 1. The van der Waals surface area contributed by atoms with Gasteiger partial charge in [-0.25, -0.2) is 0 Å². The second-order valence-corrected chi connectivity index (χ2v) is 4.04. The molecular weight excluding hydrogens is 286 g/mol. The summed E-state index contributed by atoms with van der Waals surface area (Å²) < 4.78 is 1.13. The molecule has 64 valence electrons. The Morgan fingerprint density at radius 3 is 2.83 bits per heavy atom. The summed E-state index contributed by atoms with van der Waals surface area (Å²) in [6.07, 6.45) is 2.32. The van der Waals surface area contributed by atoms with Crippen molar-refractivity contribution in [2.75, 3.05) is 0 Å². The number of carbonyl (C=O) groups is 1. The molecule has 0 N–H and O–H groups in total. The monoisotopic (exact) mass is 294 g/mol. The lowest BCUT2D eigenvalue weighted by atomic mass is 10.1. The maximum absolute atomic E-state index is 10.1. The molecule has 12 heavy (non-hydrogen) atoms. The zero-order valence-electron chi connectivity index (χ0n) is 6.39. The summed E-state index contributed by atoms with van der Waals surface area (Å²) in [6, 6.07) is 5.72. The molecule has 1 aromatic carbocycles. The first-order valence-electron chi connectivity index (χ1n) is 3.61. The van der Waals surface area contributed by atoms with E-state index in [4.69, 9.17) is 11.6 Å². The first-order valence-corrected chi connectivity index (χ1v) is 5.07. The van der Waals surface area contributed by atoms with Crippen molar-refractivity contribution in [3.63, 3.8) is 0 Å². The minimum atomic E-state index is 0.581. The van der Waals surface area contributed by atoms with Crippen LogP contribution >= 0.6 is 34.2 Å². The summed E-state index contributed by atoms with van der Waals surface area (Å²) in [5.41, 5.74) is 1.19. The van der Waals surface area contributed by atoms with Gasteiger partial charge >= 0.3 is 0 Å². The molecule has 0 bridgehead atoms. The SMILES string of the molecule is O=CCCc1ccc(Cl)cc1I. The maximum atomic E-state index is 10.1. The van der Waals surface area contributed by atoms with Crippen molar-refractivity contribution in [3.05, 3.63) is 32.4 Å². The standard InChI is InChI=1S/C9H8ClIO/c10-8-4-3-7(2-1-5-12)9(11)6-8/h3-6H,1-2H2. The molecule has 0 heterocycles. The van der Waals surface area contributed by atoms with Gasteiger partial charge in [0.15, 0.2) is 0 Å². The molecule has 0 saturated carbocycles. The fourth-order valence-corrected chi connectivity index (χ4v) is 2.08. The van der Waals surface area contributed by atoms with Gasteiger partial charge in [-0.15, -0.1) is 0 Å². The predicted molar refractivity (Wildman–Crippen MR) is 58.6 cm³/mol. The van der Waals surface area contributed by atoms with Crippen LogP contribution in [-0.2, 0) is 11.2 Å². The zero-order valence-corrected chi connectivity index (χ0v) is 9.30. The minimum Gasteiger partial charge on any atom is -0.303 e. The summed E-state index contributed by atoms with van der Waals surface area (Å²) in [7, 11) is 0. The van der Waals surface area contributed by atoms with E-state index < -0.39 is 0 Å². The van der Waals surface area contributed by atoms with Gasteiger partial charge in [-0.05, 0) is 46.7 Å². The van der Waals surface area contributed by atoms with Gasteiger partial charge in [-0.2, -0.15) is 0 Å². The molecular formula is C9H8ClIO. The highest BCUT2D eigenvalue weighted by Crippen LogP contribution is 2.18. The average molecular weight is 295 g/mol. The van der Waals surface area contributed by atoms with Crippen molar-refractivity contribution in [2.24, 2.45) is 0 Å². The van der Waals surface area contributed by atoms with Crippen LogP contribution in [0.2, 0.25) is 5.02 Å². The van der Waals surface area contributed by atoms with Crippen LogP contribution in [0.4, 0.5) is 0 Å². The summed E-state index contributed by atoms with van der Waals surface area (Å²) in [6.45, 7) is 0. The van der Waals surface area contributed by atoms with E-state index in [1.807, 2.05) is 18.2 Å². The Balaban J connectivity index is 2.78. The maximum Gasteiger partial charge on any atom is 0.120 e. The Kier molecular flexibility index (Phi) is 4.01. The Labute approximate surface area is 90.3 Å². The van der Waals surface area contributed by atoms with E-state index in [-0.39, 0.29) is 0 Å². The lowest BCUT2D eigenvalue weighted by Gasteiger charge is -2.01. The number of hydrogen-bond acceptors (Lipinski definition) is 1. The summed E-state index contributed by atoms with van der Waals surface area (Å²) in [5, 5.41) is 0.745. The van der Waals surface area contributed by atoms with E-state index in [1.165, 1.54) is 5.56 Å². The third kappa shape index (κ3) is 2.75. The van der Waals surface area contributed by atoms with Crippen LogP contribution < -0.4 is 0 Å². The third-order valence-corrected chi connectivity index (χ3v) is 2.79. The molecule has 0 unspecified atom stereocenters. The number of aryl methyl sites for hydroxylation is 1. The molecule has 0 amide bonds. The van der Waals surface area contributed by atoms with Crippen molar-refractivity contribution in [1.29, 1.82) is 0 Å². The van der Waals surface area contributed by atoms with Crippen LogP contribution in [0.3, 0.4) is 0 Å². The topological polar surface area (TPSA) is 17.1 Å². The molecule has 0 aliphatic carbocycles. The van der Waals surface area contributed by atoms with Gasteiger partial charge in [0.05, 0.1) is 0 Å². The Morgan fingerprint density at radius 1 is 1.50 bits per heavy atom. The van der Waals surface area contributed by atoms with Crippen LogP contribution in [0.25, 0.3) is 0 Å².